The van der Waals surface area contributed by atoms with E-state index in [4.69, 9.17) is 0 Å². The number of hydrogen-bond donors (Lipinski definition) is 1. The SMILES string of the molecule is CCCC1CC1(O)CCc1cccnc1. The average Bonchev–Trinajstić information content (AvgIpc) is 2.90. The van der Waals surface area contributed by atoms with E-state index < -0.39 is 0 Å². The van der Waals surface area contributed by atoms with Gasteiger partial charge in [-0.1, -0.05) is 19.4 Å². The summed E-state index contributed by atoms with van der Waals surface area (Å²) in [5.41, 5.74) is 0.874. The molecule has 1 aromatic rings. The summed E-state index contributed by atoms with van der Waals surface area (Å²) in [4.78, 5) is 4.08. The zero-order valence-corrected chi connectivity index (χ0v) is 9.32. The van der Waals surface area contributed by atoms with E-state index in [0.29, 0.717) is 5.92 Å². The van der Waals surface area contributed by atoms with Crippen molar-refractivity contribution >= 4 is 0 Å². The predicted molar refractivity (Wildman–Crippen MR) is 60.5 cm³/mol. The van der Waals surface area contributed by atoms with Crippen LogP contribution in [0.25, 0.3) is 0 Å². The van der Waals surface area contributed by atoms with E-state index in [0.717, 1.165) is 19.3 Å². The molecule has 0 bridgehead atoms. The number of aromatic nitrogens is 1. The Kier molecular flexibility index (Phi) is 3.06. The Hall–Kier alpha value is -0.890. The summed E-state index contributed by atoms with van der Waals surface area (Å²) in [5, 5.41) is 10.2. The van der Waals surface area contributed by atoms with Crippen LogP contribution < -0.4 is 0 Å². The highest BCUT2D eigenvalue weighted by Crippen LogP contribution is 2.49. The maximum absolute atomic E-state index is 10.2. The molecule has 15 heavy (non-hydrogen) atoms. The van der Waals surface area contributed by atoms with Crippen molar-refractivity contribution in [3.05, 3.63) is 30.1 Å². The fourth-order valence-corrected chi connectivity index (χ4v) is 2.30. The number of hydrogen-bond acceptors (Lipinski definition) is 2. The molecule has 0 amide bonds. The fourth-order valence-electron chi connectivity index (χ4n) is 2.30. The van der Waals surface area contributed by atoms with Crippen LogP contribution in [0.4, 0.5) is 0 Å². The normalized spacial score (nSPS) is 29.1. The smallest absolute Gasteiger partial charge is 0.0683 e. The van der Waals surface area contributed by atoms with Crippen molar-refractivity contribution in [1.29, 1.82) is 0 Å². The van der Waals surface area contributed by atoms with Crippen molar-refractivity contribution in [2.45, 2.75) is 44.6 Å². The van der Waals surface area contributed by atoms with E-state index in [2.05, 4.69) is 18.0 Å². The molecule has 0 aromatic carbocycles. The Morgan fingerprint density at radius 3 is 3.13 bits per heavy atom. The van der Waals surface area contributed by atoms with Gasteiger partial charge < -0.3 is 5.11 Å². The lowest BCUT2D eigenvalue weighted by Gasteiger charge is -2.09. The second kappa shape index (κ2) is 4.31. The van der Waals surface area contributed by atoms with E-state index >= 15 is 0 Å². The van der Waals surface area contributed by atoms with E-state index in [-0.39, 0.29) is 5.60 Å². The molecular weight excluding hydrogens is 186 g/mol. The largest absolute Gasteiger partial charge is 0.390 e. The van der Waals surface area contributed by atoms with E-state index in [1.165, 1.54) is 18.4 Å². The quantitative estimate of drug-likeness (QED) is 0.801. The summed E-state index contributed by atoms with van der Waals surface area (Å²) in [7, 11) is 0. The van der Waals surface area contributed by atoms with Gasteiger partial charge in [-0.25, -0.2) is 0 Å². The van der Waals surface area contributed by atoms with Gasteiger partial charge in [0.25, 0.3) is 0 Å². The van der Waals surface area contributed by atoms with Crippen LogP contribution in [0, 0.1) is 5.92 Å². The molecule has 1 heterocycles. The van der Waals surface area contributed by atoms with Crippen LogP contribution >= 0.6 is 0 Å². The predicted octanol–water partition coefficient (Wildman–Crippen LogP) is 2.57. The Bertz CT molecular complexity index is 312. The van der Waals surface area contributed by atoms with Gasteiger partial charge in [0.1, 0.15) is 0 Å². The van der Waals surface area contributed by atoms with Crippen LogP contribution in [0.3, 0.4) is 0 Å². The summed E-state index contributed by atoms with van der Waals surface area (Å²) in [5.74, 6) is 0.555. The first-order valence-electron chi connectivity index (χ1n) is 5.86. The molecule has 0 spiro atoms. The highest BCUT2D eigenvalue weighted by molar-refractivity contribution is 5.12. The molecule has 82 valence electrons. The molecule has 2 atom stereocenters. The highest BCUT2D eigenvalue weighted by atomic mass is 16.3. The van der Waals surface area contributed by atoms with Crippen molar-refractivity contribution in [2.24, 2.45) is 5.92 Å². The highest BCUT2D eigenvalue weighted by Gasteiger charge is 2.50. The van der Waals surface area contributed by atoms with Crippen molar-refractivity contribution in [2.75, 3.05) is 0 Å². The van der Waals surface area contributed by atoms with Crippen molar-refractivity contribution in [3.63, 3.8) is 0 Å². The molecule has 0 radical (unpaired) electrons. The van der Waals surface area contributed by atoms with E-state index in [9.17, 15) is 5.11 Å². The first-order chi connectivity index (χ1) is 7.24. The van der Waals surface area contributed by atoms with Crippen LogP contribution in [0.1, 0.15) is 38.2 Å². The maximum Gasteiger partial charge on any atom is 0.0683 e. The van der Waals surface area contributed by atoms with Gasteiger partial charge in [0.2, 0.25) is 0 Å². The minimum absolute atomic E-state index is 0.355. The topological polar surface area (TPSA) is 33.1 Å². The molecule has 0 saturated heterocycles. The Morgan fingerprint density at radius 2 is 2.47 bits per heavy atom. The van der Waals surface area contributed by atoms with Crippen LogP contribution in [0.5, 0.6) is 0 Å². The molecule has 2 heteroatoms. The number of aryl methyl sites for hydroxylation is 1. The molecule has 1 fully saturated rings. The second-order valence-corrected chi connectivity index (χ2v) is 4.65. The third-order valence-electron chi connectivity index (χ3n) is 3.41. The van der Waals surface area contributed by atoms with Crippen LogP contribution in [0.2, 0.25) is 0 Å². The molecule has 1 aromatic heterocycles. The Morgan fingerprint density at radius 1 is 1.60 bits per heavy atom. The Balaban J connectivity index is 1.80. The zero-order chi connectivity index (χ0) is 10.7. The summed E-state index contributed by atoms with van der Waals surface area (Å²) in [6.45, 7) is 2.18. The van der Waals surface area contributed by atoms with E-state index in [1.54, 1.807) is 6.20 Å². The minimum atomic E-state index is -0.355. The van der Waals surface area contributed by atoms with E-state index in [1.807, 2.05) is 12.3 Å². The molecule has 0 aliphatic heterocycles. The first-order valence-corrected chi connectivity index (χ1v) is 5.86. The van der Waals surface area contributed by atoms with Crippen LogP contribution in [-0.4, -0.2) is 15.7 Å². The number of pyridine rings is 1. The maximum atomic E-state index is 10.2. The summed E-state index contributed by atoms with van der Waals surface area (Å²) >= 11 is 0. The van der Waals surface area contributed by atoms with Crippen molar-refractivity contribution < 1.29 is 5.11 Å². The first kappa shape index (κ1) is 10.6. The zero-order valence-electron chi connectivity index (χ0n) is 9.32. The molecule has 1 N–H and O–H groups in total. The summed E-state index contributed by atoms with van der Waals surface area (Å²) in [6, 6.07) is 4.03. The number of rotatable bonds is 5. The molecule has 2 rings (SSSR count). The van der Waals surface area contributed by atoms with Gasteiger partial charge in [-0.05, 0) is 43.2 Å². The number of nitrogens with zero attached hydrogens (tertiary/aromatic N) is 1. The van der Waals surface area contributed by atoms with Crippen molar-refractivity contribution in [1.82, 2.24) is 4.98 Å². The monoisotopic (exact) mass is 205 g/mol. The third kappa shape index (κ3) is 2.57. The Labute approximate surface area is 91.4 Å². The lowest BCUT2D eigenvalue weighted by molar-refractivity contribution is 0.119. The molecular formula is C13H19NO. The lowest BCUT2D eigenvalue weighted by Crippen LogP contribution is -2.12. The van der Waals surface area contributed by atoms with Crippen LogP contribution in [-0.2, 0) is 6.42 Å². The van der Waals surface area contributed by atoms with Gasteiger partial charge in [-0.15, -0.1) is 0 Å². The lowest BCUT2D eigenvalue weighted by atomic mass is 10.0. The van der Waals surface area contributed by atoms with Gasteiger partial charge in [-0.2, -0.15) is 0 Å². The fraction of sp³-hybridized carbons (Fsp3) is 0.615. The second-order valence-electron chi connectivity index (χ2n) is 4.65. The van der Waals surface area contributed by atoms with Gasteiger partial charge in [0.15, 0.2) is 0 Å². The standard InChI is InChI=1S/C13H19NO/c1-2-4-12-9-13(12,15)7-6-11-5-3-8-14-10-11/h3,5,8,10,12,15H,2,4,6-7,9H2,1H3. The van der Waals surface area contributed by atoms with Gasteiger partial charge in [0.05, 0.1) is 5.60 Å². The number of aliphatic hydroxyl groups is 1. The molecule has 2 unspecified atom stereocenters. The molecule has 1 aliphatic carbocycles. The van der Waals surface area contributed by atoms with Crippen molar-refractivity contribution in [3.8, 4) is 0 Å². The summed E-state index contributed by atoms with van der Waals surface area (Å²) < 4.78 is 0. The molecule has 2 nitrogen and oxygen atoms in total. The summed E-state index contributed by atoms with van der Waals surface area (Å²) in [6.07, 6.45) is 8.87. The van der Waals surface area contributed by atoms with Gasteiger partial charge in [0, 0.05) is 12.4 Å². The van der Waals surface area contributed by atoms with Gasteiger partial charge >= 0.3 is 0 Å². The minimum Gasteiger partial charge on any atom is -0.390 e. The third-order valence-corrected chi connectivity index (χ3v) is 3.41. The molecule has 1 aliphatic rings. The molecule has 1 saturated carbocycles. The van der Waals surface area contributed by atoms with Crippen LogP contribution in [0.15, 0.2) is 24.5 Å². The average molecular weight is 205 g/mol. The van der Waals surface area contributed by atoms with Gasteiger partial charge in [-0.3, -0.25) is 4.98 Å².